The molecular formula is C13H28N2. The van der Waals surface area contributed by atoms with E-state index in [1.165, 1.54) is 38.5 Å². The maximum Gasteiger partial charge on any atom is 0.00199 e. The van der Waals surface area contributed by atoms with Crippen LogP contribution >= 0.6 is 0 Å². The fourth-order valence-electron chi connectivity index (χ4n) is 2.48. The van der Waals surface area contributed by atoms with E-state index in [2.05, 4.69) is 19.2 Å². The monoisotopic (exact) mass is 212 g/mol. The van der Waals surface area contributed by atoms with Crippen LogP contribution in [0, 0.1) is 11.3 Å². The molecule has 0 amide bonds. The van der Waals surface area contributed by atoms with E-state index in [0.29, 0.717) is 5.41 Å². The number of unbranched alkanes of at least 4 members (excludes halogenated alkanes) is 1. The molecule has 0 heterocycles. The molecule has 1 saturated carbocycles. The molecule has 1 aliphatic carbocycles. The summed E-state index contributed by atoms with van der Waals surface area (Å²) in [7, 11) is 0. The van der Waals surface area contributed by atoms with E-state index in [0.717, 1.165) is 25.6 Å². The Balaban J connectivity index is 2.27. The predicted molar refractivity (Wildman–Crippen MR) is 66.9 cm³/mol. The number of hydrogen-bond donors (Lipinski definition) is 2. The summed E-state index contributed by atoms with van der Waals surface area (Å²) in [5, 5.41) is 3.58. The molecule has 0 aromatic carbocycles. The average molecular weight is 212 g/mol. The van der Waals surface area contributed by atoms with Crippen molar-refractivity contribution in [1.82, 2.24) is 5.32 Å². The van der Waals surface area contributed by atoms with E-state index in [1.54, 1.807) is 0 Å². The van der Waals surface area contributed by atoms with Gasteiger partial charge in [-0.25, -0.2) is 0 Å². The van der Waals surface area contributed by atoms with Crippen LogP contribution in [0.2, 0.25) is 0 Å². The van der Waals surface area contributed by atoms with Gasteiger partial charge in [-0.2, -0.15) is 0 Å². The van der Waals surface area contributed by atoms with Crippen molar-refractivity contribution in [1.29, 1.82) is 0 Å². The first-order valence-corrected chi connectivity index (χ1v) is 6.63. The molecule has 3 N–H and O–H groups in total. The van der Waals surface area contributed by atoms with Gasteiger partial charge in [-0.05, 0) is 43.7 Å². The molecule has 0 bridgehead atoms. The average Bonchev–Trinajstić information content (AvgIpc) is 2.28. The third kappa shape index (κ3) is 4.12. The molecule has 1 fully saturated rings. The van der Waals surface area contributed by atoms with Gasteiger partial charge in [0, 0.05) is 6.54 Å². The van der Waals surface area contributed by atoms with E-state index < -0.39 is 0 Å². The first-order valence-electron chi connectivity index (χ1n) is 6.63. The molecule has 0 radical (unpaired) electrons. The summed E-state index contributed by atoms with van der Waals surface area (Å²) in [6.07, 6.45) is 7.95. The Morgan fingerprint density at radius 2 is 2.00 bits per heavy atom. The topological polar surface area (TPSA) is 38.0 Å². The number of rotatable bonds is 6. The first-order chi connectivity index (χ1) is 7.22. The van der Waals surface area contributed by atoms with Gasteiger partial charge in [-0.1, -0.05) is 33.1 Å². The van der Waals surface area contributed by atoms with Crippen LogP contribution in [0.1, 0.15) is 52.4 Å². The molecule has 1 aliphatic rings. The molecule has 1 rings (SSSR count). The van der Waals surface area contributed by atoms with Crippen molar-refractivity contribution >= 4 is 0 Å². The van der Waals surface area contributed by atoms with Gasteiger partial charge in [-0.3, -0.25) is 0 Å². The van der Waals surface area contributed by atoms with E-state index in [-0.39, 0.29) is 0 Å². The fourth-order valence-corrected chi connectivity index (χ4v) is 2.48. The molecule has 0 aromatic heterocycles. The van der Waals surface area contributed by atoms with Gasteiger partial charge < -0.3 is 11.1 Å². The molecular weight excluding hydrogens is 184 g/mol. The van der Waals surface area contributed by atoms with Crippen molar-refractivity contribution in [2.24, 2.45) is 17.1 Å². The normalized spacial score (nSPS) is 31.8. The lowest BCUT2D eigenvalue weighted by atomic mass is 9.71. The summed E-state index contributed by atoms with van der Waals surface area (Å²) in [5.74, 6) is 0.917. The molecule has 15 heavy (non-hydrogen) atoms. The maximum atomic E-state index is 5.96. The second kappa shape index (κ2) is 6.49. The van der Waals surface area contributed by atoms with Crippen LogP contribution in [-0.2, 0) is 0 Å². The largest absolute Gasteiger partial charge is 0.330 e. The van der Waals surface area contributed by atoms with E-state index in [9.17, 15) is 0 Å². The minimum Gasteiger partial charge on any atom is -0.330 e. The molecule has 0 aliphatic heterocycles. The molecule has 0 saturated heterocycles. The van der Waals surface area contributed by atoms with E-state index in [1.807, 2.05) is 0 Å². The Kier molecular flexibility index (Phi) is 5.62. The minimum absolute atomic E-state index is 0.417. The molecule has 90 valence electrons. The van der Waals surface area contributed by atoms with E-state index in [4.69, 9.17) is 5.73 Å². The summed E-state index contributed by atoms with van der Waals surface area (Å²) in [6.45, 7) is 7.76. The summed E-state index contributed by atoms with van der Waals surface area (Å²) in [4.78, 5) is 0. The van der Waals surface area contributed by atoms with Crippen LogP contribution in [0.5, 0.6) is 0 Å². The predicted octanol–water partition coefficient (Wildman–Crippen LogP) is 2.53. The van der Waals surface area contributed by atoms with Crippen molar-refractivity contribution in [2.75, 3.05) is 19.6 Å². The Morgan fingerprint density at radius 1 is 1.33 bits per heavy atom. The minimum atomic E-state index is 0.417. The van der Waals surface area contributed by atoms with Crippen LogP contribution in [0.3, 0.4) is 0 Å². The Morgan fingerprint density at radius 3 is 2.53 bits per heavy atom. The quantitative estimate of drug-likeness (QED) is 0.664. The van der Waals surface area contributed by atoms with Gasteiger partial charge in [0.15, 0.2) is 0 Å². The highest BCUT2D eigenvalue weighted by molar-refractivity contribution is 4.87. The van der Waals surface area contributed by atoms with Crippen LogP contribution < -0.4 is 11.1 Å². The molecule has 0 spiro atoms. The van der Waals surface area contributed by atoms with Crippen LogP contribution in [0.4, 0.5) is 0 Å². The van der Waals surface area contributed by atoms with Crippen molar-refractivity contribution in [3.8, 4) is 0 Å². The van der Waals surface area contributed by atoms with Gasteiger partial charge in [0.2, 0.25) is 0 Å². The molecule has 0 aromatic rings. The molecule has 0 unspecified atom stereocenters. The third-order valence-electron chi connectivity index (χ3n) is 3.98. The first kappa shape index (κ1) is 13.0. The van der Waals surface area contributed by atoms with Gasteiger partial charge >= 0.3 is 0 Å². The third-order valence-corrected chi connectivity index (χ3v) is 3.98. The van der Waals surface area contributed by atoms with Gasteiger partial charge in [0.1, 0.15) is 0 Å². The summed E-state index contributed by atoms with van der Waals surface area (Å²) in [6, 6.07) is 0. The lowest BCUT2D eigenvalue weighted by Gasteiger charge is -2.38. The van der Waals surface area contributed by atoms with E-state index >= 15 is 0 Å². The van der Waals surface area contributed by atoms with Crippen LogP contribution in [-0.4, -0.2) is 19.6 Å². The Hall–Kier alpha value is -0.0800. The van der Waals surface area contributed by atoms with Gasteiger partial charge in [0.25, 0.3) is 0 Å². The van der Waals surface area contributed by atoms with Crippen molar-refractivity contribution in [3.63, 3.8) is 0 Å². The number of hydrogen-bond acceptors (Lipinski definition) is 2. The Labute approximate surface area is 95.0 Å². The number of nitrogens with two attached hydrogens (primary N) is 1. The summed E-state index contributed by atoms with van der Waals surface area (Å²) in [5.41, 5.74) is 6.38. The van der Waals surface area contributed by atoms with Crippen LogP contribution in [0.15, 0.2) is 0 Å². The molecule has 0 atom stereocenters. The maximum absolute atomic E-state index is 5.96. The fraction of sp³-hybridized carbons (Fsp3) is 1.00. The lowest BCUT2D eigenvalue weighted by molar-refractivity contribution is 0.159. The van der Waals surface area contributed by atoms with Crippen molar-refractivity contribution in [3.05, 3.63) is 0 Å². The van der Waals surface area contributed by atoms with Gasteiger partial charge in [0.05, 0.1) is 0 Å². The zero-order valence-corrected chi connectivity index (χ0v) is 10.5. The smallest absolute Gasteiger partial charge is 0.00199 e. The second-order valence-electron chi connectivity index (χ2n) is 5.42. The summed E-state index contributed by atoms with van der Waals surface area (Å²) >= 11 is 0. The number of nitrogens with one attached hydrogen (secondary N) is 1. The SMILES string of the molecule is CCCCNCC1(CN)CCC(C)CC1. The zero-order valence-electron chi connectivity index (χ0n) is 10.5. The lowest BCUT2D eigenvalue weighted by Crippen LogP contribution is -2.43. The summed E-state index contributed by atoms with van der Waals surface area (Å²) < 4.78 is 0. The molecule has 2 nitrogen and oxygen atoms in total. The standard InChI is InChI=1S/C13H28N2/c1-3-4-9-15-11-13(10-14)7-5-12(2)6-8-13/h12,15H,3-11,14H2,1-2H3. The van der Waals surface area contributed by atoms with Crippen molar-refractivity contribution < 1.29 is 0 Å². The van der Waals surface area contributed by atoms with Gasteiger partial charge in [-0.15, -0.1) is 0 Å². The second-order valence-corrected chi connectivity index (χ2v) is 5.42. The molecule has 2 heteroatoms. The highest BCUT2D eigenvalue weighted by atomic mass is 14.9. The van der Waals surface area contributed by atoms with Crippen LogP contribution in [0.25, 0.3) is 0 Å². The zero-order chi connectivity index (χ0) is 11.1. The van der Waals surface area contributed by atoms with Crippen molar-refractivity contribution in [2.45, 2.75) is 52.4 Å². The Bertz CT molecular complexity index is 160. The highest BCUT2D eigenvalue weighted by Gasteiger charge is 2.32. The highest BCUT2D eigenvalue weighted by Crippen LogP contribution is 2.37.